The van der Waals surface area contributed by atoms with E-state index in [2.05, 4.69) is 44.6 Å². The maximum absolute atomic E-state index is 4.29. The van der Waals surface area contributed by atoms with Crippen LogP contribution in [0.4, 0.5) is 5.69 Å². The number of rotatable bonds is 4. The highest BCUT2D eigenvalue weighted by molar-refractivity contribution is 5.47. The first-order chi connectivity index (χ1) is 11.4. The summed E-state index contributed by atoms with van der Waals surface area (Å²) in [5.74, 6) is 1.12. The molecule has 1 aromatic carbocycles. The monoisotopic (exact) mass is 311 g/mol. The van der Waals surface area contributed by atoms with E-state index in [1.54, 1.807) is 6.33 Å². The highest BCUT2D eigenvalue weighted by Gasteiger charge is 2.19. The molecule has 0 radical (unpaired) electrons. The molecule has 1 aromatic heterocycles. The van der Waals surface area contributed by atoms with Gasteiger partial charge in [-0.3, -0.25) is 0 Å². The summed E-state index contributed by atoms with van der Waals surface area (Å²) >= 11 is 0. The van der Waals surface area contributed by atoms with Crippen molar-refractivity contribution >= 4 is 5.69 Å². The summed E-state index contributed by atoms with van der Waals surface area (Å²) in [6.45, 7) is 4.27. The summed E-state index contributed by atoms with van der Waals surface area (Å²) in [5.41, 5.74) is 2.73. The fourth-order valence-corrected chi connectivity index (χ4v) is 3.64. The lowest BCUT2D eigenvalue weighted by Crippen LogP contribution is -2.37. The molecule has 0 amide bonds. The summed E-state index contributed by atoms with van der Waals surface area (Å²) < 4.78 is 2.03. The van der Waals surface area contributed by atoms with E-state index in [1.165, 1.54) is 43.6 Å². The Morgan fingerprint density at radius 2 is 1.91 bits per heavy atom. The van der Waals surface area contributed by atoms with Crippen molar-refractivity contribution in [1.29, 1.82) is 0 Å². The van der Waals surface area contributed by atoms with Gasteiger partial charge < -0.3 is 10.2 Å². The van der Waals surface area contributed by atoms with Crippen molar-refractivity contribution in [2.45, 2.75) is 51.2 Å². The largest absolute Gasteiger partial charge is 0.372 e. The lowest BCUT2D eigenvalue weighted by atomic mass is 10.1. The predicted octanol–water partition coefficient (Wildman–Crippen LogP) is 2.37. The van der Waals surface area contributed by atoms with Gasteiger partial charge in [0.2, 0.25) is 0 Å². The zero-order valence-corrected chi connectivity index (χ0v) is 13.6. The second-order valence-electron chi connectivity index (χ2n) is 6.69. The number of aryl methyl sites for hydroxylation is 1. The molecule has 1 fully saturated rings. The highest BCUT2D eigenvalue weighted by Crippen LogP contribution is 2.20. The van der Waals surface area contributed by atoms with Gasteiger partial charge in [-0.05, 0) is 43.4 Å². The fourth-order valence-electron chi connectivity index (χ4n) is 3.64. The molecule has 5 nitrogen and oxygen atoms in total. The summed E-state index contributed by atoms with van der Waals surface area (Å²) in [6, 6.07) is 9.57. The van der Waals surface area contributed by atoms with Crippen molar-refractivity contribution in [2.75, 3.05) is 18.0 Å². The molecule has 2 aliphatic rings. The number of benzene rings is 1. The van der Waals surface area contributed by atoms with Gasteiger partial charge in [-0.2, -0.15) is 5.10 Å². The van der Waals surface area contributed by atoms with E-state index in [1.807, 2.05) is 4.68 Å². The van der Waals surface area contributed by atoms with Gasteiger partial charge in [0.25, 0.3) is 0 Å². The number of anilines is 1. The Kier molecular flexibility index (Phi) is 4.28. The van der Waals surface area contributed by atoms with Crippen LogP contribution in [0.1, 0.15) is 37.1 Å². The van der Waals surface area contributed by atoms with E-state index >= 15 is 0 Å². The predicted molar refractivity (Wildman–Crippen MR) is 91.5 cm³/mol. The van der Waals surface area contributed by atoms with Crippen LogP contribution >= 0.6 is 0 Å². The Labute approximate surface area is 137 Å². The molecule has 0 bridgehead atoms. The first kappa shape index (κ1) is 14.7. The molecule has 2 aromatic rings. The Hall–Kier alpha value is -1.88. The summed E-state index contributed by atoms with van der Waals surface area (Å²) in [5, 5.41) is 7.95. The SMILES string of the molecule is c1nc2n(n1)C[C@H](NCc1ccc(N3CCCCC3)cc1)CC2. The van der Waals surface area contributed by atoms with E-state index in [0.29, 0.717) is 6.04 Å². The molecule has 122 valence electrons. The van der Waals surface area contributed by atoms with Crippen molar-refractivity contribution in [1.82, 2.24) is 20.1 Å². The zero-order valence-electron chi connectivity index (χ0n) is 13.6. The fraction of sp³-hybridized carbons (Fsp3) is 0.556. The molecule has 5 heteroatoms. The van der Waals surface area contributed by atoms with Gasteiger partial charge in [0.1, 0.15) is 12.2 Å². The average Bonchev–Trinajstić information content (AvgIpc) is 3.09. The number of aromatic nitrogens is 3. The van der Waals surface area contributed by atoms with E-state index in [9.17, 15) is 0 Å². The molecule has 1 saturated heterocycles. The van der Waals surface area contributed by atoms with Gasteiger partial charge in [0.05, 0.1) is 6.54 Å². The second-order valence-corrected chi connectivity index (χ2v) is 6.69. The molecule has 23 heavy (non-hydrogen) atoms. The Bertz CT molecular complexity index is 627. The summed E-state index contributed by atoms with van der Waals surface area (Å²) in [7, 11) is 0. The van der Waals surface area contributed by atoms with Crippen LogP contribution in [0.15, 0.2) is 30.6 Å². The average molecular weight is 311 g/mol. The Balaban J connectivity index is 1.31. The van der Waals surface area contributed by atoms with Gasteiger partial charge >= 0.3 is 0 Å². The lowest BCUT2D eigenvalue weighted by Gasteiger charge is -2.29. The maximum Gasteiger partial charge on any atom is 0.138 e. The van der Waals surface area contributed by atoms with Crippen LogP contribution in [0.2, 0.25) is 0 Å². The van der Waals surface area contributed by atoms with E-state index in [-0.39, 0.29) is 0 Å². The molecule has 1 atom stereocenters. The highest BCUT2D eigenvalue weighted by atomic mass is 15.3. The van der Waals surface area contributed by atoms with Crippen LogP contribution in [-0.2, 0) is 19.5 Å². The summed E-state index contributed by atoms with van der Waals surface area (Å²) in [4.78, 5) is 6.79. The van der Waals surface area contributed by atoms with Crippen LogP contribution < -0.4 is 10.2 Å². The molecule has 1 N–H and O–H groups in total. The molecule has 0 saturated carbocycles. The first-order valence-corrected chi connectivity index (χ1v) is 8.82. The van der Waals surface area contributed by atoms with Crippen molar-refractivity contribution in [3.05, 3.63) is 42.0 Å². The molecule has 0 unspecified atom stereocenters. The van der Waals surface area contributed by atoms with Gasteiger partial charge in [0.15, 0.2) is 0 Å². The number of nitrogens with one attached hydrogen (secondary N) is 1. The zero-order chi connectivity index (χ0) is 15.5. The second kappa shape index (κ2) is 6.71. The van der Waals surface area contributed by atoms with Crippen molar-refractivity contribution in [2.24, 2.45) is 0 Å². The third-order valence-corrected chi connectivity index (χ3v) is 5.06. The van der Waals surface area contributed by atoms with Crippen LogP contribution in [-0.4, -0.2) is 33.9 Å². The van der Waals surface area contributed by atoms with Crippen molar-refractivity contribution < 1.29 is 0 Å². The van der Waals surface area contributed by atoms with Crippen molar-refractivity contribution in [3.8, 4) is 0 Å². The first-order valence-electron chi connectivity index (χ1n) is 8.82. The minimum absolute atomic E-state index is 0.492. The minimum atomic E-state index is 0.492. The van der Waals surface area contributed by atoms with Gasteiger partial charge in [-0.15, -0.1) is 0 Å². The van der Waals surface area contributed by atoms with Crippen LogP contribution in [0.3, 0.4) is 0 Å². The standard InChI is InChI=1S/C18H25N5/c1-2-10-22(11-3-1)17-7-4-15(5-8-17)12-19-16-6-9-18-20-14-21-23(18)13-16/h4-5,7-8,14,16,19H,1-3,6,9-13H2/t16-/m1/s1. The number of hydrogen-bond donors (Lipinski definition) is 1. The molecule has 4 rings (SSSR count). The van der Waals surface area contributed by atoms with E-state index < -0.39 is 0 Å². The number of piperidine rings is 1. The third kappa shape index (κ3) is 3.39. The molecule has 2 aliphatic heterocycles. The Morgan fingerprint density at radius 1 is 1.09 bits per heavy atom. The smallest absolute Gasteiger partial charge is 0.138 e. The molecular formula is C18H25N5. The van der Waals surface area contributed by atoms with Crippen LogP contribution in [0.25, 0.3) is 0 Å². The molecule has 3 heterocycles. The van der Waals surface area contributed by atoms with Gasteiger partial charge in [0, 0.05) is 37.8 Å². The number of nitrogens with zero attached hydrogens (tertiary/aromatic N) is 4. The summed E-state index contributed by atoms with van der Waals surface area (Å²) in [6.07, 6.45) is 7.87. The topological polar surface area (TPSA) is 46.0 Å². The van der Waals surface area contributed by atoms with Crippen LogP contribution in [0, 0.1) is 0 Å². The molecule has 0 aliphatic carbocycles. The van der Waals surface area contributed by atoms with E-state index in [0.717, 1.165) is 31.8 Å². The maximum atomic E-state index is 4.29. The van der Waals surface area contributed by atoms with E-state index in [4.69, 9.17) is 0 Å². The van der Waals surface area contributed by atoms with Crippen molar-refractivity contribution in [3.63, 3.8) is 0 Å². The molecular weight excluding hydrogens is 286 g/mol. The van der Waals surface area contributed by atoms with Crippen LogP contribution in [0.5, 0.6) is 0 Å². The molecule has 0 spiro atoms. The normalized spacial score (nSPS) is 21.2. The minimum Gasteiger partial charge on any atom is -0.372 e. The van der Waals surface area contributed by atoms with Gasteiger partial charge in [-0.1, -0.05) is 12.1 Å². The third-order valence-electron chi connectivity index (χ3n) is 5.06. The Morgan fingerprint density at radius 3 is 2.74 bits per heavy atom. The number of hydrogen-bond acceptors (Lipinski definition) is 4. The van der Waals surface area contributed by atoms with Gasteiger partial charge in [-0.25, -0.2) is 9.67 Å². The lowest BCUT2D eigenvalue weighted by molar-refractivity contribution is 0.358. The quantitative estimate of drug-likeness (QED) is 0.941. The number of fused-ring (bicyclic) bond motifs is 1.